The standard InChI is InChI=1S/C10H19NO/c1-4-10(7-9-12)6-5-8-11(2)3/h7,9H,4-6,8H2,1-3H3/b10-7-. The fraction of sp³-hybridized carbons (Fsp3) is 0.700. The third-order valence-corrected chi connectivity index (χ3v) is 1.86. The number of allylic oxidation sites excluding steroid dienone is 2. The van der Waals surface area contributed by atoms with Crippen LogP contribution in [0.25, 0.3) is 0 Å². The van der Waals surface area contributed by atoms with E-state index in [0.717, 1.165) is 32.1 Å². The molecular formula is C10H19NO. The van der Waals surface area contributed by atoms with Crippen molar-refractivity contribution < 1.29 is 4.79 Å². The summed E-state index contributed by atoms with van der Waals surface area (Å²) in [5.41, 5.74) is 1.26. The number of carbonyl (C=O) groups is 1. The number of aldehydes is 1. The molecule has 0 bridgehead atoms. The number of hydrogen-bond donors (Lipinski definition) is 0. The zero-order valence-electron chi connectivity index (χ0n) is 8.34. The molecule has 12 heavy (non-hydrogen) atoms. The van der Waals surface area contributed by atoms with Crippen LogP contribution in [0.1, 0.15) is 26.2 Å². The van der Waals surface area contributed by atoms with Gasteiger partial charge in [-0.1, -0.05) is 12.5 Å². The SMILES string of the molecule is CC/C(=C/C=O)CCCN(C)C. The molecule has 0 saturated heterocycles. The second kappa shape index (κ2) is 7.04. The number of nitrogens with zero attached hydrogens (tertiary/aromatic N) is 1. The first-order valence-electron chi connectivity index (χ1n) is 4.48. The molecule has 0 aliphatic rings. The minimum absolute atomic E-state index is 0.883. The molecule has 0 amide bonds. The van der Waals surface area contributed by atoms with Crippen LogP contribution in [0.3, 0.4) is 0 Å². The number of hydrogen-bond acceptors (Lipinski definition) is 2. The van der Waals surface area contributed by atoms with Crippen molar-refractivity contribution in [1.82, 2.24) is 4.90 Å². The molecule has 0 aromatic carbocycles. The lowest BCUT2D eigenvalue weighted by Gasteiger charge is -2.09. The van der Waals surface area contributed by atoms with Gasteiger partial charge in [0.2, 0.25) is 0 Å². The van der Waals surface area contributed by atoms with Crippen LogP contribution >= 0.6 is 0 Å². The maximum atomic E-state index is 10.2. The van der Waals surface area contributed by atoms with Crippen LogP contribution in [0, 0.1) is 0 Å². The lowest BCUT2D eigenvalue weighted by Crippen LogP contribution is -2.12. The van der Waals surface area contributed by atoms with Crippen LogP contribution in [-0.2, 0) is 4.79 Å². The summed E-state index contributed by atoms with van der Waals surface area (Å²) in [5, 5.41) is 0. The first-order valence-corrected chi connectivity index (χ1v) is 4.48. The van der Waals surface area contributed by atoms with E-state index < -0.39 is 0 Å². The summed E-state index contributed by atoms with van der Waals surface area (Å²) < 4.78 is 0. The van der Waals surface area contributed by atoms with Crippen molar-refractivity contribution in [2.75, 3.05) is 20.6 Å². The molecule has 0 spiro atoms. The molecular weight excluding hydrogens is 150 g/mol. The van der Waals surface area contributed by atoms with Gasteiger partial charge in [0, 0.05) is 0 Å². The van der Waals surface area contributed by atoms with E-state index in [0.29, 0.717) is 0 Å². The highest BCUT2D eigenvalue weighted by atomic mass is 16.1. The predicted octanol–water partition coefficient (Wildman–Crippen LogP) is 1.86. The average Bonchev–Trinajstić information content (AvgIpc) is 2.02. The highest BCUT2D eigenvalue weighted by Gasteiger charge is 1.95. The predicted molar refractivity (Wildman–Crippen MR) is 52.2 cm³/mol. The fourth-order valence-electron chi connectivity index (χ4n) is 1.10. The van der Waals surface area contributed by atoms with E-state index in [1.165, 1.54) is 5.57 Å². The Hall–Kier alpha value is -0.630. The Morgan fingerprint density at radius 2 is 2.08 bits per heavy atom. The zero-order valence-corrected chi connectivity index (χ0v) is 8.34. The van der Waals surface area contributed by atoms with Crippen LogP contribution in [-0.4, -0.2) is 31.8 Å². The Morgan fingerprint density at radius 3 is 2.50 bits per heavy atom. The van der Waals surface area contributed by atoms with Crippen molar-refractivity contribution in [3.05, 3.63) is 11.6 Å². The van der Waals surface area contributed by atoms with Crippen LogP contribution in [0.5, 0.6) is 0 Å². The molecule has 0 saturated carbocycles. The molecule has 0 aliphatic carbocycles. The molecule has 70 valence electrons. The Morgan fingerprint density at radius 1 is 1.42 bits per heavy atom. The molecule has 0 rings (SSSR count). The molecule has 0 N–H and O–H groups in total. The van der Waals surface area contributed by atoms with Gasteiger partial charge in [0.05, 0.1) is 0 Å². The highest BCUT2D eigenvalue weighted by molar-refractivity contribution is 5.66. The van der Waals surface area contributed by atoms with E-state index in [-0.39, 0.29) is 0 Å². The van der Waals surface area contributed by atoms with E-state index in [1.807, 2.05) is 0 Å². The minimum atomic E-state index is 0.883. The Kier molecular flexibility index (Phi) is 6.67. The summed E-state index contributed by atoms with van der Waals surface area (Å²) in [6, 6.07) is 0. The van der Waals surface area contributed by atoms with Gasteiger partial charge in [-0.15, -0.1) is 0 Å². The zero-order chi connectivity index (χ0) is 9.40. The Labute approximate surface area is 75.3 Å². The van der Waals surface area contributed by atoms with Gasteiger partial charge in [-0.05, 0) is 46.0 Å². The summed E-state index contributed by atoms with van der Waals surface area (Å²) in [7, 11) is 4.13. The average molecular weight is 169 g/mol. The molecule has 0 fully saturated rings. The van der Waals surface area contributed by atoms with E-state index in [4.69, 9.17) is 0 Å². The Balaban J connectivity index is 3.59. The van der Waals surface area contributed by atoms with Crippen LogP contribution in [0.4, 0.5) is 0 Å². The number of carbonyl (C=O) groups excluding carboxylic acids is 1. The van der Waals surface area contributed by atoms with Crippen LogP contribution in [0.2, 0.25) is 0 Å². The van der Waals surface area contributed by atoms with E-state index >= 15 is 0 Å². The molecule has 0 aromatic rings. The van der Waals surface area contributed by atoms with E-state index in [2.05, 4.69) is 25.9 Å². The molecule has 0 radical (unpaired) electrons. The van der Waals surface area contributed by atoms with Crippen molar-refractivity contribution in [3.8, 4) is 0 Å². The summed E-state index contributed by atoms with van der Waals surface area (Å²) in [4.78, 5) is 12.3. The van der Waals surface area contributed by atoms with Gasteiger partial charge in [-0.3, -0.25) is 4.79 Å². The van der Waals surface area contributed by atoms with Crippen LogP contribution in [0.15, 0.2) is 11.6 Å². The molecule has 0 heterocycles. The molecule has 0 aliphatic heterocycles. The minimum Gasteiger partial charge on any atom is -0.309 e. The second-order valence-electron chi connectivity index (χ2n) is 3.22. The van der Waals surface area contributed by atoms with Gasteiger partial charge in [0.1, 0.15) is 6.29 Å². The summed E-state index contributed by atoms with van der Waals surface area (Å²) >= 11 is 0. The van der Waals surface area contributed by atoms with E-state index in [1.54, 1.807) is 6.08 Å². The normalized spacial score (nSPS) is 12.2. The van der Waals surface area contributed by atoms with Crippen molar-refractivity contribution in [3.63, 3.8) is 0 Å². The van der Waals surface area contributed by atoms with Crippen molar-refractivity contribution in [2.45, 2.75) is 26.2 Å². The van der Waals surface area contributed by atoms with Crippen molar-refractivity contribution in [1.29, 1.82) is 0 Å². The van der Waals surface area contributed by atoms with Gasteiger partial charge < -0.3 is 4.90 Å². The molecule has 0 aromatic heterocycles. The second-order valence-corrected chi connectivity index (χ2v) is 3.22. The van der Waals surface area contributed by atoms with Crippen molar-refractivity contribution >= 4 is 6.29 Å². The maximum Gasteiger partial charge on any atom is 0.142 e. The lowest BCUT2D eigenvalue weighted by molar-refractivity contribution is -0.104. The first kappa shape index (κ1) is 11.4. The smallest absolute Gasteiger partial charge is 0.142 e. The quantitative estimate of drug-likeness (QED) is 0.447. The monoisotopic (exact) mass is 169 g/mol. The fourth-order valence-corrected chi connectivity index (χ4v) is 1.10. The summed E-state index contributed by atoms with van der Waals surface area (Å²) in [6.45, 7) is 3.18. The third-order valence-electron chi connectivity index (χ3n) is 1.86. The Bertz CT molecular complexity index is 150. The molecule has 2 heteroatoms. The number of rotatable bonds is 6. The van der Waals surface area contributed by atoms with Crippen molar-refractivity contribution in [2.24, 2.45) is 0 Å². The van der Waals surface area contributed by atoms with Gasteiger partial charge in [0.25, 0.3) is 0 Å². The first-order chi connectivity index (χ1) is 5.70. The van der Waals surface area contributed by atoms with Gasteiger partial charge in [0.15, 0.2) is 0 Å². The van der Waals surface area contributed by atoms with Crippen LogP contribution < -0.4 is 0 Å². The van der Waals surface area contributed by atoms with Gasteiger partial charge >= 0.3 is 0 Å². The third kappa shape index (κ3) is 6.10. The van der Waals surface area contributed by atoms with Gasteiger partial charge in [-0.2, -0.15) is 0 Å². The largest absolute Gasteiger partial charge is 0.309 e. The lowest BCUT2D eigenvalue weighted by atomic mass is 10.1. The highest BCUT2D eigenvalue weighted by Crippen LogP contribution is 2.08. The van der Waals surface area contributed by atoms with Gasteiger partial charge in [-0.25, -0.2) is 0 Å². The maximum absolute atomic E-state index is 10.2. The molecule has 2 nitrogen and oxygen atoms in total. The topological polar surface area (TPSA) is 20.3 Å². The molecule has 0 atom stereocenters. The van der Waals surface area contributed by atoms with E-state index in [9.17, 15) is 4.79 Å². The summed E-state index contributed by atoms with van der Waals surface area (Å²) in [6.07, 6.45) is 5.75. The summed E-state index contributed by atoms with van der Waals surface area (Å²) in [5.74, 6) is 0. The molecule has 0 unspecified atom stereocenters.